The second-order valence-electron chi connectivity index (χ2n) is 7.75. The number of likely N-dealkylation sites (tertiary alicyclic amines) is 1. The minimum Gasteiger partial charge on any atom is -0.472 e. The number of ether oxygens (including phenoxy) is 3. The number of alkyl halides is 2. The molecule has 2 aromatic rings. The first kappa shape index (κ1) is 26.5. The number of carbonyl (C=O) groups excluding carboxylic acids is 2. The van der Waals surface area contributed by atoms with Crippen LogP contribution in [0.4, 0.5) is 23.0 Å². The molecule has 0 unspecified atom stereocenters. The molecule has 1 fully saturated rings. The fourth-order valence-corrected chi connectivity index (χ4v) is 4.25. The molecule has 0 aliphatic carbocycles. The number of hydrogen-bond donors (Lipinski definition) is 2. The van der Waals surface area contributed by atoms with Crippen LogP contribution in [0, 0.1) is 5.82 Å². The number of rotatable bonds is 12. The van der Waals surface area contributed by atoms with Crippen molar-refractivity contribution in [3.05, 3.63) is 35.1 Å². The van der Waals surface area contributed by atoms with Crippen molar-refractivity contribution in [2.24, 2.45) is 0 Å². The van der Waals surface area contributed by atoms with Crippen molar-refractivity contribution in [3.8, 4) is 11.6 Å². The average Bonchev–Trinajstić information content (AvgIpc) is 3.48. The molecule has 0 saturated carbocycles. The van der Waals surface area contributed by atoms with Crippen LogP contribution in [0.3, 0.4) is 0 Å². The summed E-state index contributed by atoms with van der Waals surface area (Å²) < 4.78 is 56.9. The first-order valence-corrected chi connectivity index (χ1v) is 11.9. The van der Waals surface area contributed by atoms with Crippen LogP contribution in [-0.2, 0) is 11.3 Å². The molecule has 2 heterocycles. The summed E-state index contributed by atoms with van der Waals surface area (Å²) in [6.45, 7) is 0.383. The second-order valence-corrected chi connectivity index (χ2v) is 8.53. The zero-order valence-corrected chi connectivity index (χ0v) is 20.0. The van der Waals surface area contributed by atoms with Crippen molar-refractivity contribution in [2.45, 2.75) is 38.9 Å². The van der Waals surface area contributed by atoms with Gasteiger partial charge in [-0.1, -0.05) is 6.07 Å². The first-order chi connectivity index (χ1) is 16.9. The van der Waals surface area contributed by atoms with E-state index < -0.39 is 30.2 Å². The van der Waals surface area contributed by atoms with Crippen molar-refractivity contribution in [3.63, 3.8) is 0 Å². The SMILES string of the molecule is COC(=O)c1c(OCc2ccc(OC(F)F)c(F)c2)nsc1NC(=O)NCCCCN1CCCC1. The summed E-state index contributed by atoms with van der Waals surface area (Å²) in [6.07, 6.45) is 4.27. The fraction of sp³-hybridized carbons (Fsp3) is 0.500. The largest absolute Gasteiger partial charge is 0.472 e. The third kappa shape index (κ3) is 7.99. The number of carbonyl (C=O) groups is 2. The van der Waals surface area contributed by atoms with E-state index in [1.54, 1.807) is 0 Å². The molecule has 2 N–H and O–H groups in total. The molecular formula is C22H27F3N4O5S. The Bertz CT molecular complexity index is 1000. The van der Waals surface area contributed by atoms with E-state index in [1.807, 2.05) is 0 Å². The summed E-state index contributed by atoms with van der Waals surface area (Å²) in [6, 6.07) is 2.85. The summed E-state index contributed by atoms with van der Waals surface area (Å²) >= 11 is 0.824. The van der Waals surface area contributed by atoms with E-state index >= 15 is 0 Å². The Morgan fingerprint density at radius 3 is 2.69 bits per heavy atom. The van der Waals surface area contributed by atoms with Crippen LogP contribution in [0.1, 0.15) is 41.6 Å². The monoisotopic (exact) mass is 516 g/mol. The normalized spacial score (nSPS) is 13.6. The van der Waals surface area contributed by atoms with Crippen molar-refractivity contribution in [2.75, 3.05) is 38.6 Å². The van der Waals surface area contributed by atoms with E-state index in [0.717, 1.165) is 56.1 Å². The first-order valence-electron chi connectivity index (χ1n) is 11.1. The molecular weight excluding hydrogens is 489 g/mol. The lowest BCUT2D eigenvalue weighted by atomic mass is 10.2. The number of esters is 1. The van der Waals surface area contributed by atoms with E-state index in [4.69, 9.17) is 9.47 Å². The molecule has 13 heteroatoms. The zero-order valence-electron chi connectivity index (χ0n) is 19.2. The van der Waals surface area contributed by atoms with Crippen LogP contribution in [0.15, 0.2) is 18.2 Å². The Labute approximate surface area is 204 Å². The van der Waals surface area contributed by atoms with Crippen LogP contribution in [0.5, 0.6) is 11.6 Å². The minimum absolute atomic E-state index is 0.0835. The summed E-state index contributed by atoms with van der Waals surface area (Å²) in [5.74, 6) is -2.48. The van der Waals surface area contributed by atoms with Crippen molar-refractivity contribution >= 4 is 28.5 Å². The molecule has 1 saturated heterocycles. The van der Waals surface area contributed by atoms with Crippen LogP contribution < -0.4 is 20.1 Å². The number of amides is 2. The summed E-state index contributed by atoms with van der Waals surface area (Å²) in [5.41, 5.74) is 0.203. The number of halogens is 3. The highest BCUT2D eigenvalue weighted by Crippen LogP contribution is 2.32. The molecule has 1 aromatic carbocycles. The van der Waals surface area contributed by atoms with Gasteiger partial charge in [-0.3, -0.25) is 5.32 Å². The Hall–Kier alpha value is -3.06. The topological polar surface area (TPSA) is 102 Å². The molecule has 2 amide bonds. The number of nitrogens with one attached hydrogen (secondary N) is 2. The molecule has 0 bridgehead atoms. The fourth-order valence-electron chi connectivity index (χ4n) is 3.53. The van der Waals surface area contributed by atoms with Gasteiger partial charge in [-0.15, -0.1) is 0 Å². The Morgan fingerprint density at radius 2 is 2.00 bits per heavy atom. The Morgan fingerprint density at radius 1 is 1.23 bits per heavy atom. The van der Waals surface area contributed by atoms with Crippen LogP contribution in [0.25, 0.3) is 0 Å². The molecule has 192 valence electrons. The van der Waals surface area contributed by atoms with Gasteiger partial charge < -0.3 is 24.4 Å². The Balaban J connectivity index is 1.53. The quantitative estimate of drug-likeness (QED) is 0.321. The molecule has 0 radical (unpaired) electrons. The van der Waals surface area contributed by atoms with Gasteiger partial charge in [0.2, 0.25) is 5.88 Å². The van der Waals surface area contributed by atoms with Crippen molar-refractivity contribution < 1.29 is 37.0 Å². The number of aromatic nitrogens is 1. The molecule has 9 nitrogen and oxygen atoms in total. The lowest BCUT2D eigenvalue weighted by Crippen LogP contribution is -2.30. The Kier molecular flexibility index (Phi) is 9.97. The highest BCUT2D eigenvalue weighted by Gasteiger charge is 2.25. The van der Waals surface area contributed by atoms with Gasteiger partial charge in [-0.25, -0.2) is 14.0 Å². The van der Waals surface area contributed by atoms with Gasteiger partial charge in [0.25, 0.3) is 0 Å². The van der Waals surface area contributed by atoms with Gasteiger partial charge >= 0.3 is 18.6 Å². The van der Waals surface area contributed by atoms with Gasteiger partial charge in [0.05, 0.1) is 7.11 Å². The molecule has 3 rings (SSSR count). The molecule has 1 aromatic heterocycles. The van der Waals surface area contributed by atoms with E-state index in [-0.39, 0.29) is 28.6 Å². The maximum absolute atomic E-state index is 13.9. The maximum Gasteiger partial charge on any atom is 0.387 e. The smallest absolute Gasteiger partial charge is 0.387 e. The summed E-state index contributed by atoms with van der Waals surface area (Å²) in [7, 11) is 1.17. The van der Waals surface area contributed by atoms with Crippen LogP contribution in [0.2, 0.25) is 0 Å². The van der Waals surface area contributed by atoms with Crippen LogP contribution >= 0.6 is 11.5 Å². The van der Waals surface area contributed by atoms with E-state index in [2.05, 4.69) is 24.6 Å². The lowest BCUT2D eigenvalue weighted by Gasteiger charge is -2.14. The maximum atomic E-state index is 13.9. The highest BCUT2D eigenvalue weighted by atomic mass is 32.1. The molecule has 1 aliphatic rings. The van der Waals surface area contributed by atoms with Crippen molar-refractivity contribution in [1.82, 2.24) is 14.6 Å². The predicted octanol–water partition coefficient (Wildman–Crippen LogP) is 4.25. The number of benzene rings is 1. The summed E-state index contributed by atoms with van der Waals surface area (Å²) in [5, 5.41) is 5.45. The lowest BCUT2D eigenvalue weighted by molar-refractivity contribution is -0.0522. The molecule has 1 aliphatic heterocycles. The van der Waals surface area contributed by atoms with Crippen LogP contribution in [-0.4, -0.2) is 61.2 Å². The number of unbranched alkanes of at least 4 members (excludes halogenated alkanes) is 1. The highest BCUT2D eigenvalue weighted by molar-refractivity contribution is 7.11. The predicted molar refractivity (Wildman–Crippen MR) is 123 cm³/mol. The standard InChI is InChI=1S/C22H27F3N4O5S/c1-32-20(30)17-18(33-13-14-6-7-16(15(23)12-14)34-21(24)25)28-35-19(17)27-22(31)26-8-2-3-9-29-10-4-5-11-29/h6-7,12,21H,2-5,8-11,13H2,1H3,(H2,26,27,31). The number of urea groups is 1. The second kappa shape index (κ2) is 13.1. The average molecular weight is 517 g/mol. The third-order valence-corrected chi connectivity index (χ3v) is 6.00. The van der Waals surface area contributed by atoms with E-state index in [1.165, 1.54) is 26.0 Å². The van der Waals surface area contributed by atoms with Gasteiger partial charge in [-0.2, -0.15) is 13.2 Å². The molecule has 0 spiro atoms. The molecule has 0 atom stereocenters. The minimum atomic E-state index is -3.15. The summed E-state index contributed by atoms with van der Waals surface area (Å²) in [4.78, 5) is 27.0. The number of nitrogens with zero attached hydrogens (tertiary/aromatic N) is 2. The van der Waals surface area contributed by atoms with Crippen molar-refractivity contribution in [1.29, 1.82) is 0 Å². The van der Waals surface area contributed by atoms with E-state index in [0.29, 0.717) is 6.54 Å². The van der Waals surface area contributed by atoms with Gasteiger partial charge in [-0.05, 0) is 74.5 Å². The van der Waals surface area contributed by atoms with Gasteiger partial charge in [0.15, 0.2) is 17.1 Å². The van der Waals surface area contributed by atoms with E-state index in [9.17, 15) is 22.8 Å². The number of anilines is 1. The van der Waals surface area contributed by atoms with Gasteiger partial charge in [0, 0.05) is 6.54 Å². The zero-order chi connectivity index (χ0) is 25.2. The van der Waals surface area contributed by atoms with Gasteiger partial charge in [0.1, 0.15) is 11.6 Å². The molecule has 35 heavy (non-hydrogen) atoms. The third-order valence-electron chi connectivity index (χ3n) is 5.25. The number of hydrogen-bond acceptors (Lipinski definition) is 8. The number of methoxy groups -OCH3 is 1.